The van der Waals surface area contributed by atoms with Gasteiger partial charge in [-0.2, -0.15) is 18.3 Å². The van der Waals surface area contributed by atoms with Gasteiger partial charge in [-0.3, -0.25) is 9.89 Å². The molecule has 1 aliphatic rings. The standard InChI is InChI=1S/C20H19N3O3.C2HF3O2/c1-25-18-6-7-19-14(9-18)8-15(12-26-19)20(24)23-17-4-2-13(3-5-17)16-10-21-22-11-16;3-2(4,5)1(6)7/h2-7,9-11,15H,8,12H2,1H3,(H,21,22)(H,23,24);(H,6,7). The Morgan fingerprint density at radius 1 is 1.18 bits per heavy atom. The van der Waals surface area contributed by atoms with E-state index in [4.69, 9.17) is 19.4 Å². The van der Waals surface area contributed by atoms with Crippen molar-refractivity contribution in [2.45, 2.75) is 12.6 Å². The molecule has 33 heavy (non-hydrogen) atoms. The number of nitrogens with one attached hydrogen (secondary N) is 2. The minimum Gasteiger partial charge on any atom is -0.497 e. The average Bonchev–Trinajstić information content (AvgIpc) is 3.33. The summed E-state index contributed by atoms with van der Waals surface area (Å²) in [6.07, 6.45) is -0.858. The first kappa shape index (κ1) is 23.6. The zero-order valence-corrected chi connectivity index (χ0v) is 17.3. The fourth-order valence-corrected chi connectivity index (χ4v) is 3.07. The molecule has 1 aromatic heterocycles. The number of benzene rings is 2. The van der Waals surface area contributed by atoms with Crippen LogP contribution in [0.5, 0.6) is 11.5 Å². The second-order valence-corrected chi connectivity index (χ2v) is 7.04. The largest absolute Gasteiger partial charge is 0.497 e. The number of carbonyl (C=O) groups excluding carboxylic acids is 1. The zero-order valence-electron chi connectivity index (χ0n) is 17.3. The Hall–Kier alpha value is -4.02. The highest BCUT2D eigenvalue weighted by Gasteiger charge is 2.38. The minimum absolute atomic E-state index is 0.0467. The number of alkyl halides is 3. The van der Waals surface area contributed by atoms with E-state index in [0.29, 0.717) is 13.0 Å². The van der Waals surface area contributed by atoms with Crippen LogP contribution < -0.4 is 14.8 Å². The average molecular weight is 463 g/mol. The lowest BCUT2D eigenvalue weighted by atomic mass is 9.95. The number of anilines is 1. The van der Waals surface area contributed by atoms with Crippen LogP contribution in [0.3, 0.4) is 0 Å². The summed E-state index contributed by atoms with van der Waals surface area (Å²) >= 11 is 0. The molecule has 1 aliphatic heterocycles. The third kappa shape index (κ3) is 6.25. The van der Waals surface area contributed by atoms with Gasteiger partial charge in [-0.05, 0) is 47.9 Å². The number of ether oxygens (including phenoxy) is 2. The van der Waals surface area contributed by atoms with Gasteiger partial charge in [0.2, 0.25) is 5.91 Å². The van der Waals surface area contributed by atoms with E-state index in [-0.39, 0.29) is 11.8 Å². The lowest BCUT2D eigenvalue weighted by Gasteiger charge is -2.25. The summed E-state index contributed by atoms with van der Waals surface area (Å²) in [6, 6.07) is 13.4. The van der Waals surface area contributed by atoms with Crippen molar-refractivity contribution in [1.29, 1.82) is 0 Å². The Morgan fingerprint density at radius 3 is 2.45 bits per heavy atom. The van der Waals surface area contributed by atoms with Crippen molar-refractivity contribution in [1.82, 2.24) is 10.2 Å². The lowest BCUT2D eigenvalue weighted by Crippen LogP contribution is -2.32. The highest BCUT2D eigenvalue weighted by Crippen LogP contribution is 2.31. The number of rotatable bonds is 4. The molecule has 0 bridgehead atoms. The van der Waals surface area contributed by atoms with E-state index in [0.717, 1.165) is 33.9 Å². The molecule has 0 saturated carbocycles. The first-order valence-corrected chi connectivity index (χ1v) is 9.67. The van der Waals surface area contributed by atoms with Gasteiger partial charge in [0, 0.05) is 17.4 Å². The number of carboxylic acid groups (broad SMARTS) is 1. The summed E-state index contributed by atoms with van der Waals surface area (Å²) in [6.45, 7) is 0.373. The third-order valence-corrected chi connectivity index (χ3v) is 4.77. The van der Waals surface area contributed by atoms with Crippen molar-refractivity contribution in [2.75, 3.05) is 19.0 Å². The molecule has 3 N–H and O–H groups in total. The molecule has 11 heteroatoms. The van der Waals surface area contributed by atoms with Crippen molar-refractivity contribution in [2.24, 2.45) is 5.92 Å². The highest BCUT2D eigenvalue weighted by molar-refractivity contribution is 5.93. The number of aliphatic carboxylic acids is 1. The molecule has 0 aliphatic carbocycles. The molecule has 1 atom stereocenters. The van der Waals surface area contributed by atoms with E-state index in [1.54, 1.807) is 13.3 Å². The molecule has 0 radical (unpaired) electrons. The monoisotopic (exact) mass is 463 g/mol. The van der Waals surface area contributed by atoms with Crippen LogP contribution in [-0.4, -0.2) is 47.1 Å². The SMILES string of the molecule is COc1ccc2c(c1)CC(C(=O)Nc1ccc(-c3cn[nH]c3)cc1)CO2.O=C(O)C(F)(F)F. The van der Waals surface area contributed by atoms with Gasteiger partial charge in [0.25, 0.3) is 0 Å². The molecule has 2 heterocycles. The van der Waals surface area contributed by atoms with Gasteiger partial charge in [-0.15, -0.1) is 0 Å². The molecule has 1 unspecified atom stereocenters. The van der Waals surface area contributed by atoms with E-state index in [1.165, 1.54) is 0 Å². The maximum Gasteiger partial charge on any atom is 0.490 e. The second-order valence-electron chi connectivity index (χ2n) is 7.04. The van der Waals surface area contributed by atoms with Crippen LogP contribution in [0.15, 0.2) is 54.9 Å². The van der Waals surface area contributed by atoms with Gasteiger partial charge >= 0.3 is 12.1 Å². The van der Waals surface area contributed by atoms with Crippen molar-refractivity contribution in [3.05, 3.63) is 60.4 Å². The quantitative estimate of drug-likeness (QED) is 0.541. The van der Waals surface area contributed by atoms with Crippen LogP contribution in [-0.2, 0) is 16.0 Å². The van der Waals surface area contributed by atoms with Gasteiger partial charge in [0.15, 0.2) is 0 Å². The fourth-order valence-electron chi connectivity index (χ4n) is 3.07. The summed E-state index contributed by atoms with van der Waals surface area (Å²) in [7, 11) is 1.63. The molecule has 8 nitrogen and oxygen atoms in total. The van der Waals surface area contributed by atoms with Gasteiger partial charge < -0.3 is 19.9 Å². The maximum atomic E-state index is 12.6. The van der Waals surface area contributed by atoms with Crippen LogP contribution in [0.4, 0.5) is 18.9 Å². The molecular formula is C22H20F3N3O5. The Labute approximate surface area is 186 Å². The smallest absolute Gasteiger partial charge is 0.490 e. The molecule has 174 valence electrons. The van der Waals surface area contributed by atoms with Gasteiger partial charge in [-0.1, -0.05) is 12.1 Å². The normalized spacial score (nSPS) is 14.7. The number of fused-ring (bicyclic) bond motifs is 1. The number of H-pyrrole nitrogens is 1. The molecule has 1 amide bonds. The van der Waals surface area contributed by atoms with Crippen molar-refractivity contribution < 1.29 is 37.3 Å². The van der Waals surface area contributed by atoms with Crippen LogP contribution >= 0.6 is 0 Å². The predicted octanol–water partition coefficient (Wildman–Crippen LogP) is 3.91. The number of carbonyl (C=O) groups is 2. The summed E-state index contributed by atoms with van der Waals surface area (Å²) in [4.78, 5) is 21.5. The first-order chi connectivity index (χ1) is 15.7. The van der Waals surface area contributed by atoms with E-state index in [1.807, 2.05) is 48.7 Å². The first-order valence-electron chi connectivity index (χ1n) is 9.67. The van der Waals surface area contributed by atoms with Crippen LogP contribution in [0.25, 0.3) is 11.1 Å². The fraction of sp³-hybridized carbons (Fsp3) is 0.227. The molecular weight excluding hydrogens is 443 g/mol. The number of halogens is 3. The number of carboxylic acids is 1. The number of aromatic amines is 1. The predicted molar refractivity (Wildman–Crippen MR) is 112 cm³/mol. The maximum absolute atomic E-state index is 12.6. The van der Waals surface area contributed by atoms with Gasteiger partial charge in [0.1, 0.15) is 18.1 Å². The molecule has 4 rings (SSSR count). The van der Waals surface area contributed by atoms with Crippen molar-refractivity contribution in [3.63, 3.8) is 0 Å². The number of aromatic nitrogens is 2. The minimum atomic E-state index is -5.08. The topological polar surface area (TPSA) is 114 Å². The third-order valence-electron chi connectivity index (χ3n) is 4.77. The molecule has 3 aromatic rings. The van der Waals surface area contributed by atoms with Gasteiger partial charge in [0.05, 0.1) is 19.2 Å². The molecule has 0 saturated heterocycles. The number of nitrogens with zero attached hydrogens (tertiary/aromatic N) is 1. The zero-order chi connectivity index (χ0) is 24.0. The van der Waals surface area contributed by atoms with Crippen LogP contribution in [0.2, 0.25) is 0 Å². The summed E-state index contributed by atoms with van der Waals surface area (Å²) < 4.78 is 42.7. The van der Waals surface area contributed by atoms with E-state index < -0.39 is 12.1 Å². The molecule has 0 fully saturated rings. The number of methoxy groups -OCH3 is 1. The number of hydrogen-bond donors (Lipinski definition) is 3. The van der Waals surface area contributed by atoms with E-state index in [2.05, 4.69) is 15.5 Å². The van der Waals surface area contributed by atoms with Crippen LogP contribution in [0.1, 0.15) is 5.56 Å². The number of hydrogen-bond acceptors (Lipinski definition) is 5. The molecule has 2 aromatic carbocycles. The Balaban J connectivity index is 0.000000383. The lowest BCUT2D eigenvalue weighted by molar-refractivity contribution is -0.192. The summed E-state index contributed by atoms with van der Waals surface area (Å²) in [5.74, 6) is -1.45. The summed E-state index contributed by atoms with van der Waals surface area (Å²) in [5.41, 5.74) is 3.80. The Kier molecular flexibility index (Phi) is 7.21. The molecule has 0 spiro atoms. The van der Waals surface area contributed by atoms with E-state index in [9.17, 15) is 18.0 Å². The Morgan fingerprint density at radius 2 is 1.88 bits per heavy atom. The summed E-state index contributed by atoms with van der Waals surface area (Å²) in [5, 5.41) is 16.8. The van der Waals surface area contributed by atoms with Crippen molar-refractivity contribution in [3.8, 4) is 22.6 Å². The second kappa shape index (κ2) is 10.1. The Bertz CT molecular complexity index is 1100. The van der Waals surface area contributed by atoms with E-state index >= 15 is 0 Å². The highest BCUT2D eigenvalue weighted by atomic mass is 19.4. The van der Waals surface area contributed by atoms with Gasteiger partial charge in [-0.25, -0.2) is 4.79 Å². The van der Waals surface area contributed by atoms with Crippen molar-refractivity contribution >= 4 is 17.6 Å². The number of amides is 1. The van der Waals surface area contributed by atoms with Crippen LogP contribution in [0, 0.1) is 5.92 Å².